The lowest BCUT2D eigenvalue weighted by molar-refractivity contribution is -0.116. The van der Waals surface area contributed by atoms with Gasteiger partial charge in [0.1, 0.15) is 5.82 Å². The SMILES string of the molecule is Cc1cc(Br)ccc1NC(=O)CCNC(=O)c1nnn(-c2ccc(F)c(Cl)c2)c1C. The number of hydrogen-bond acceptors (Lipinski definition) is 4. The van der Waals surface area contributed by atoms with Crippen molar-refractivity contribution in [2.75, 3.05) is 11.9 Å². The molecule has 0 spiro atoms. The van der Waals surface area contributed by atoms with E-state index in [9.17, 15) is 14.0 Å². The first kappa shape index (κ1) is 21.9. The van der Waals surface area contributed by atoms with Crippen molar-refractivity contribution in [3.63, 3.8) is 0 Å². The predicted molar refractivity (Wildman–Crippen MR) is 116 cm³/mol. The fourth-order valence-corrected chi connectivity index (χ4v) is 3.40. The molecule has 0 aliphatic carbocycles. The van der Waals surface area contributed by atoms with Crippen LogP contribution < -0.4 is 10.6 Å². The second kappa shape index (κ2) is 9.36. The topological polar surface area (TPSA) is 88.9 Å². The highest BCUT2D eigenvalue weighted by molar-refractivity contribution is 9.10. The van der Waals surface area contributed by atoms with E-state index in [0.717, 1.165) is 10.0 Å². The van der Waals surface area contributed by atoms with Gasteiger partial charge in [0.15, 0.2) is 5.69 Å². The van der Waals surface area contributed by atoms with Gasteiger partial charge in [-0.25, -0.2) is 9.07 Å². The average Bonchev–Trinajstić information content (AvgIpc) is 3.07. The molecule has 2 aromatic carbocycles. The number of benzene rings is 2. The molecule has 7 nitrogen and oxygen atoms in total. The van der Waals surface area contributed by atoms with Crippen molar-refractivity contribution >= 4 is 45.0 Å². The molecule has 0 aliphatic heterocycles. The summed E-state index contributed by atoms with van der Waals surface area (Å²) in [4.78, 5) is 24.5. The van der Waals surface area contributed by atoms with Gasteiger partial charge < -0.3 is 10.6 Å². The number of carbonyl (C=O) groups excluding carboxylic acids is 2. The van der Waals surface area contributed by atoms with Crippen LogP contribution in [0.25, 0.3) is 5.69 Å². The monoisotopic (exact) mass is 493 g/mol. The molecular weight excluding hydrogens is 477 g/mol. The van der Waals surface area contributed by atoms with Crippen LogP contribution >= 0.6 is 27.5 Å². The minimum absolute atomic E-state index is 0.0552. The van der Waals surface area contributed by atoms with Gasteiger partial charge in [-0.15, -0.1) is 5.10 Å². The summed E-state index contributed by atoms with van der Waals surface area (Å²) in [6.07, 6.45) is 0.0992. The zero-order chi connectivity index (χ0) is 21.8. The summed E-state index contributed by atoms with van der Waals surface area (Å²) in [6, 6.07) is 9.64. The van der Waals surface area contributed by atoms with Gasteiger partial charge in [0.2, 0.25) is 5.91 Å². The molecule has 0 saturated carbocycles. The third-order valence-corrected chi connectivity index (χ3v) is 5.14. The number of nitrogens with one attached hydrogen (secondary N) is 2. The molecule has 0 fully saturated rings. The van der Waals surface area contributed by atoms with Crippen molar-refractivity contribution in [1.29, 1.82) is 0 Å². The molecule has 156 valence electrons. The van der Waals surface area contributed by atoms with Crippen LogP contribution in [0.15, 0.2) is 40.9 Å². The first-order valence-electron chi connectivity index (χ1n) is 8.98. The molecule has 2 N–H and O–H groups in total. The van der Waals surface area contributed by atoms with E-state index in [1.807, 2.05) is 19.1 Å². The van der Waals surface area contributed by atoms with E-state index in [0.29, 0.717) is 17.1 Å². The minimum atomic E-state index is -0.548. The zero-order valence-electron chi connectivity index (χ0n) is 16.2. The van der Waals surface area contributed by atoms with Crippen molar-refractivity contribution in [3.05, 3.63) is 68.7 Å². The normalized spacial score (nSPS) is 10.7. The summed E-state index contributed by atoms with van der Waals surface area (Å²) >= 11 is 9.18. The number of aryl methyl sites for hydroxylation is 1. The second-order valence-electron chi connectivity index (χ2n) is 6.55. The molecule has 10 heteroatoms. The van der Waals surface area contributed by atoms with E-state index in [4.69, 9.17) is 11.6 Å². The van der Waals surface area contributed by atoms with E-state index < -0.39 is 11.7 Å². The minimum Gasteiger partial charge on any atom is -0.350 e. The second-order valence-corrected chi connectivity index (χ2v) is 7.87. The third-order valence-electron chi connectivity index (χ3n) is 4.36. The first-order chi connectivity index (χ1) is 14.3. The maximum atomic E-state index is 13.4. The molecule has 0 saturated heterocycles. The summed E-state index contributed by atoms with van der Waals surface area (Å²) in [5.41, 5.74) is 2.69. The zero-order valence-corrected chi connectivity index (χ0v) is 18.5. The van der Waals surface area contributed by atoms with Crippen molar-refractivity contribution in [3.8, 4) is 5.69 Å². The van der Waals surface area contributed by atoms with Crippen LogP contribution in [-0.2, 0) is 4.79 Å². The molecule has 0 unspecified atom stereocenters. The molecule has 1 heterocycles. The average molecular weight is 495 g/mol. The molecule has 1 aromatic heterocycles. The lowest BCUT2D eigenvalue weighted by Crippen LogP contribution is -2.28. The van der Waals surface area contributed by atoms with Gasteiger partial charge in [0, 0.05) is 23.1 Å². The first-order valence-corrected chi connectivity index (χ1v) is 10.2. The Kier molecular flexibility index (Phi) is 6.84. The van der Waals surface area contributed by atoms with Crippen LogP contribution in [0, 0.1) is 19.7 Å². The Labute approximate surface area is 185 Å². The number of aromatic nitrogens is 3. The fourth-order valence-electron chi connectivity index (χ4n) is 2.75. The smallest absolute Gasteiger partial charge is 0.273 e. The maximum absolute atomic E-state index is 13.4. The van der Waals surface area contributed by atoms with Crippen molar-refractivity contribution < 1.29 is 14.0 Å². The number of hydrogen-bond donors (Lipinski definition) is 2. The number of carbonyl (C=O) groups is 2. The van der Waals surface area contributed by atoms with Crippen LogP contribution in [0.4, 0.5) is 10.1 Å². The van der Waals surface area contributed by atoms with Crippen molar-refractivity contribution in [1.82, 2.24) is 20.3 Å². The van der Waals surface area contributed by atoms with Gasteiger partial charge in [-0.2, -0.15) is 0 Å². The summed E-state index contributed by atoms with van der Waals surface area (Å²) in [7, 11) is 0. The van der Waals surface area contributed by atoms with Gasteiger partial charge in [-0.3, -0.25) is 9.59 Å². The number of halogens is 3. The Hall–Kier alpha value is -2.78. The molecule has 0 bridgehead atoms. The van der Waals surface area contributed by atoms with E-state index >= 15 is 0 Å². The molecule has 3 aromatic rings. The highest BCUT2D eigenvalue weighted by Crippen LogP contribution is 2.21. The molecule has 30 heavy (non-hydrogen) atoms. The van der Waals surface area contributed by atoms with Gasteiger partial charge in [-0.1, -0.05) is 32.7 Å². The third kappa shape index (κ3) is 5.03. The van der Waals surface area contributed by atoms with Gasteiger partial charge in [0.05, 0.1) is 16.4 Å². The molecule has 3 rings (SSSR count). The van der Waals surface area contributed by atoms with Gasteiger partial charge >= 0.3 is 0 Å². The predicted octanol–water partition coefficient (Wildman–Crippen LogP) is 4.20. The Balaban J connectivity index is 1.58. The van der Waals surface area contributed by atoms with Crippen LogP contribution in [0.1, 0.15) is 28.2 Å². The fraction of sp³-hybridized carbons (Fsp3) is 0.200. The lowest BCUT2D eigenvalue weighted by Gasteiger charge is -2.09. The van der Waals surface area contributed by atoms with E-state index in [1.54, 1.807) is 13.0 Å². The molecule has 0 aliphatic rings. The highest BCUT2D eigenvalue weighted by Gasteiger charge is 2.18. The Bertz CT molecular complexity index is 1120. The Morgan fingerprint density at radius 1 is 1.20 bits per heavy atom. The quantitative estimate of drug-likeness (QED) is 0.538. The van der Waals surface area contributed by atoms with Crippen LogP contribution in [0.2, 0.25) is 5.02 Å². The van der Waals surface area contributed by atoms with Crippen LogP contribution in [0.3, 0.4) is 0 Å². The number of anilines is 1. The maximum Gasteiger partial charge on any atom is 0.273 e. The molecular formula is C20H18BrClFN5O2. The lowest BCUT2D eigenvalue weighted by atomic mass is 10.2. The van der Waals surface area contributed by atoms with E-state index in [2.05, 4.69) is 36.9 Å². The summed E-state index contributed by atoms with van der Waals surface area (Å²) < 4.78 is 15.7. The summed E-state index contributed by atoms with van der Waals surface area (Å²) in [5, 5.41) is 13.2. The van der Waals surface area contributed by atoms with Gasteiger partial charge in [-0.05, 0) is 55.8 Å². The van der Waals surface area contributed by atoms with Crippen LogP contribution in [-0.4, -0.2) is 33.4 Å². The molecule has 0 radical (unpaired) electrons. The Morgan fingerprint density at radius 3 is 2.67 bits per heavy atom. The van der Waals surface area contributed by atoms with E-state index in [1.165, 1.54) is 22.9 Å². The van der Waals surface area contributed by atoms with E-state index in [-0.39, 0.29) is 29.6 Å². The summed E-state index contributed by atoms with van der Waals surface area (Å²) in [6.45, 7) is 3.69. The van der Waals surface area contributed by atoms with Crippen LogP contribution in [0.5, 0.6) is 0 Å². The van der Waals surface area contributed by atoms with Crippen molar-refractivity contribution in [2.24, 2.45) is 0 Å². The van der Waals surface area contributed by atoms with Crippen molar-refractivity contribution in [2.45, 2.75) is 20.3 Å². The standard InChI is InChI=1S/C20H18BrClFN5O2/c1-11-9-13(21)3-6-17(11)25-18(29)7-8-24-20(30)19-12(2)28(27-26-19)14-4-5-16(23)15(22)10-14/h3-6,9-10H,7-8H2,1-2H3,(H,24,30)(H,25,29). The summed E-state index contributed by atoms with van der Waals surface area (Å²) in [5.74, 6) is -1.23. The number of amides is 2. The highest BCUT2D eigenvalue weighted by atomic mass is 79.9. The number of rotatable bonds is 6. The Morgan fingerprint density at radius 2 is 1.97 bits per heavy atom. The number of nitrogens with zero attached hydrogens (tertiary/aromatic N) is 3. The van der Waals surface area contributed by atoms with Gasteiger partial charge in [0.25, 0.3) is 5.91 Å². The largest absolute Gasteiger partial charge is 0.350 e. The molecule has 2 amide bonds. The molecule has 0 atom stereocenters.